The van der Waals surface area contributed by atoms with E-state index in [9.17, 15) is 8.42 Å². The van der Waals surface area contributed by atoms with E-state index in [1.807, 2.05) is 13.0 Å². The predicted molar refractivity (Wildman–Crippen MR) is 65.4 cm³/mol. The summed E-state index contributed by atoms with van der Waals surface area (Å²) in [6.45, 7) is 2.37. The number of sulfonamides is 1. The zero-order valence-electron chi connectivity index (χ0n) is 9.85. The molecule has 1 aromatic carbocycles. The van der Waals surface area contributed by atoms with Crippen molar-refractivity contribution in [3.05, 3.63) is 23.8 Å². The third-order valence-electron chi connectivity index (χ3n) is 2.89. The highest BCUT2D eigenvalue weighted by Gasteiger charge is 2.21. The van der Waals surface area contributed by atoms with E-state index in [-0.39, 0.29) is 4.90 Å². The number of rotatable bonds is 5. The third kappa shape index (κ3) is 3.44. The molecule has 0 heterocycles. The smallest absolute Gasteiger partial charge is 0.241 e. The maximum absolute atomic E-state index is 11.4. The molecule has 1 saturated carbocycles. The molecule has 0 bridgehead atoms. The molecule has 2 N–H and O–H groups in total. The minimum absolute atomic E-state index is 0.0771. The number of benzene rings is 1. The van der Waals surface area contributed by atoms with Crippen LogP contribution in [0.25, 0.3) is 0 Å². The average molecular weight is 255 g/mol. The Morgan fingerprint density at radius 2 is 2.12 bits per heavy atom. The van der Waals surface area contributed by atoms with Gasteiger partial charge in [-0.1, -0.05) is 18.9 Å². The standard InChI is InChI=1S/C12H17NO3S/c1-9-2-5-11(12(8-9)17(13,14)15)16-7-6-10-3-4-10/h2,5,8,10H,3-4,6-7H2,1H3,(H2,13,14,15). The predicted octanol–water partition coefficient (Wildman–Crippen LogP) is 1.82. The molecule has 1 aliphatic carbocycles. The first-order valence-corrected chi connectivity index (χ1v) is 7.28. The highest BCUT2D eigenvalue weighted by Crippen LogP contribution is 2.32. The fourth-order valence-electron chi connectivity index (χ4n) is 1.70. The molecule has 0 aromatic heterocycles. The van der Waals surface area contributed by atoms with E-state index < -0.39 is 10.0 Å². The summed E-state index contributed by atoms with van der Waals surface area (Å²) in [4.78, 5) is 0.0771. The molecule has 0 saturated heterocycles. The molecule has 1 aromatic rings. The Bertz CT molecular complexity index is 506. The van der Waals surface area contributed by atoms with Gasteiger partial charge in [-0.2, -0.15) is 0 Å². The molecule has 0 amide bonds. The number of hydrogen-bond acceptors (Lipinski definition) is 3. The highest BCUT2D eigenvalue weighted by atomic mass is 32.2. The van der Waals surface area contributed by atoms with Crippen molar-refractivity contribution >= 4 is 10.0 Å². The topological polar surface area (TPSA) is 69.4 Å². The summed E-state index contributed by atoms with van der Waals surface area (Å²) < 4.78 is 28.3. The summed E-state index contributed by atoms with van der Waals surface area (Å²) in [6, 6.07) is 5.03. The van der Waals surface area contributed by atoms with Crippen LogP contribution in [0.15, 0.2) is 23.1 Å². The van der Waals surface area contributed by atoms with E-state index in [0.29, 0.717) is 12.4 Å². The van der Waals surface area contributed by atoms with Crippen LogP contribution in [0.4, 0.5) is 0 Å². The maximum Gasteiger partial charge on any atom is 0.241 e. The minimum Gasteiger partial charge on any atom is -0.492 e. The summed E-state index contributed by atoms with van der Waals surface area (Å²) in [5.41, 5.74) is 0.851. The van der Waals surface area contributed by atoms with Crippen LogP contribution in [0.5, 0.6) is 5.75 Å². The van der Waals surface area contributed by atoms with Gasteiger partial charge in [0.25, 0.3) is 0 Å². The average Bonchev–Trinajstić information content (AvgIpc) is 3.02. The second-order valence-corrected chi connectivity index (χ2v) is 6.11. The Labute approximate surface area is 102 Å². The summed E-state index contributed by atoms with van der Waals surface area (Å²) in [6.07, 6.45) is 3.51. The lowest BCUT2D eigenvalue weighted by Crippen LogP contribution is -2.14. The summed E-state index contributed by atoms with van der Waals surface area (Å²) in [7, 11) is -3.72. The van der Waals surface area contributed by atoms with Crippen LogP contribution in [0, 0.1) is 12.8 Å². The second kappa shape index (κ2) is 4.66. The highest BCUT2D eigenvalue weighted by molar-refractivity contribution is 7.89. The van der Waals surface area contributed by atoms with Crippen LogP contribution >= 0.6 is 0 Å². The van der Waals surface area contributed by atoms with Crippen LogP contribution in [0.2, 0.25) is 0 Å². The molecule has 4 nitrogen and oxygen atoms in total. The van der Waals surface area contributed by atoms with Crippen molar-refractivity contribution in [2.75, 3.05) is 6.61 Å². The number of aryl methyl sites for hydroxylation is 1. The van der Waals surface area contributed by atoms with Crippen molar-refractivity contribution in [3.63, 3.8) is 0 Å². The van der Waals surface area contributed by atoms with E-state index in [1.165, 1.54) is 12.8 Å². The lowest BCUT2D eigenvalue weighted by atomic mass is 10.2. The van der Waals surface area contributed by atoms with Crippen molar-refractivity contribution < 1.29 is 13.2 Å². The molecule has 0 unspecified atom stereocenters. The molecule has 94 valence electrons. The molecule has 1 fully saturated rings. The van der Waals surface area contributed by atoms with Gasteiger partial charge in [0.1, 0.15) is 10.6 Å². The van der Waals surface area contributed by atoms with E-state index in [4.69, 9.17) is 9.88 Å². The Balaban J connectivity index is 2.13. The number of hydrogen-bond donors (Lipinski definition) is 1. The Kier molecular flexibility index (Phi) is 3.40. The van der Waals surface area contributed by atoms with Gasteiger partial charge in [-0.05, 0) is 37.0 Å². The molecule has 0 atom stereocenters. The van der Waals surface area contributed by atoms with Crippen molar-refractivity contribution in [1.29, 1.82) is 0 Å². The van der Waals surface area contributed by atoms with E-state index >= 15 is 0 Å². The molecule has 0 spiro atoms. The molecule has 0 radical (unpaired) electrons. The van der Waals surface area contributed by atoms with Crippen LogP contribution in [0.1, 0.15) is 24.8 Å². The SMILES string of the molecule is Cc1ccc(OCCC2CC2)c(S(N)(=O)=O)c1. The van der Waals surface area contributed by atoms with Gasteiger partial charge in [-0.15, -0.1) is 0 Å². The van der Waals surface area contributed by atoms with E-state index in [0.717, 1.165) is 17.9 Å². The monoisotopic (exact) mass is 255 g/mol. The molecule has 1 aliphatic rings. The largest absolute Gasteiger partial charge is 0.492 e. The van der Waals surface area contributed by atoms with Crippen LogP contribution in [-0.4, -0.2) is 15.0 Å². The second-order valence-electron chi connectivity index (χ2n) is 4.58. The van der Waals surface area contributed by atoms with Gasteiger partial charge >= 0.3 is 0 Å². The van der Waals surface area contributed by atoms with Crippen LogP contribution in [0.3, 0.4) is 0 Å². The maximum atomic E-state index is 11.4. The summed E-state index contributed by atoms with van der Waals surface area (Å²) >= 11 is 0. The van der Waals surface area contributed by atoms with Gasteiger partial charge in [-0.25, -0.2) is 13.6 Å². The lowest BCUT2D eigenvalue weighted by Gasteiger charge is -2.10. The van der Waals surface area contributed by atoms with Crippen LogP contribution < -0.4 is 9.88 Å². The lowest BCUT2D eigenvalue weighted by molar-refractivity contribution is 0.295. The van der Waals surface area contributed by atoms with Gasteiger partial charge in [0, 0.05) is 0 Å². The normalized spacial score (nSPS) is 15.9. The van der Waals surface area contributed by atoms with E-state index in [2.05, 4.69) is 0 Å². The first kappa shape index (κ1) is 12.4. The fourth-order valence-corrected chi connectivity index (χ4v) is 2.46. The molecule has 2 rings (SSSR count). The molecular formula is C12H17NO3S. The van der Waals surface area contributed by atoms with E-state index in [1.54, 1.807) is 12.1 Å². The summed E-state index contributed by atoms with van der Waals surface area (Å²) in [5.74, 6) is 1.12. The van der Waals surface area contributed by atoms with Gasteiger partial charge in [-0.3, -0.25) is 0 Å². The van der Waals surface area contributed by atoms with Crippen molar-refractivity contribution in [1.82, 2.24) is 0 Å². The number of primary sulfonamides is 1. The third-order valence-corrected chi connectivity index (χ3v) is 3.82. The Morgan fingerprint density at radius 3 is 2.71 bits per heavy atom. The number of nitrogens with two attached hydrogens (primary N) is 1. The van der Waals surface area contributed by atoms with Gasteiger partial charge < -0.3 is 4.74 Å². The first-order valence-electron chi connectivity index (χ1n) is 5.73. The van der Waals surface area contributed by atoms with Crippen molar-refractivity contribution in [2.45, 2.75) is 31.1 Å². The number of ether oxygens (including phenoxy) is 1. The van der Waals surface area contributed by atoms with Crippen molar-refractivity contribution in [3.8, 4) is 5.75 Å². The zero-order chi connectivity index (χ0) is 12.5. The Morgan fingerprint density at radius 1 is 1.41 bits per heavy atom. The first-order chi connectivity index (χ1) is 7.97. The van der Waals surface area contributed by atoms with Gasteiger partial charge in [0.05, 0.1) is 6.61 Å². The summed E-state index contributed by atoms with van der Waals surface area (Å²) in [5, 5.41) is 5.16. The van der Waals surface area contributed by atoms with Gasteiger partial charge in [0.15, 0.2) is 0 Å². The molecule has 17 heavy (non-hydrogen) atoms. The molecular weight excluding hydrogens is 238 g/mol. The van der Waals surface area contributed by atoms with Crippen LogP contribution in [-0.2, 0) is 10.0 Å². The molecule has 0 aliphatic heterocycles. The fraction of sp³-hybridized carbons (Fsp3) is 0.500. The minimum atomic E-state index is -3.72. The molecule has 5 heteroatoms. The quantitative estimate of drug-likeness (QED) is 0.872. The van der Waals surface area contributed by atoms with Crippen molar-refractivity contribution in [2.24, 2.45) is 11.1 Å². The zero-order valence-corrected chi connectivity index (χ0v) is 10.7. The van der Waals surface area contributed by atoms with Gasteiger partial charge in [0.2, 0.25) is 10.0 Å². The Hall–Kier alpha value is -1.07.